The molecule has 0 fully saturated rings. The zero-order chi connectivity index (χ0) is 15.9. The van der Waals surface area contributed by atoms with E-state index in [-0.39, 0.29) is 5.78 Å². The molecule has 0 saturated heterocycles. The van der Waals surface area contributed by atoms with E-state index in [1.54, 1.807) is 6.92 Å². The fourth-order valence-electron chi connectivity index (χ4n) is 2.78. The normalized spacial score (nSPS) is 11.3. The Balaban J connectivity index is 2.21. The lowest BCUT2D eigenvalue weighted by Gasteiger charge is -2.07. The standard InChI is InChI=1S/C19H18ClNO/c1-11(2)13-4-6-14(7-5-13)19-18(12(3)22)16-10-15(20)8-9-17(16)21-19/h4-11,21H,1-3H3. The molecule has 0 unspecified atom stereocenters. The molecule has 0 saturated carbocycles. The molecule has 22 heavy (non-hydrogen) atoms. The minimum atomic E-state index is 0.0384. The van der Waals surface area contributed by atoms with E-state index in [2.05, 4.69) is 43.1 Å². The van der Waals surface area contributed by atoms with E-state index in [0.29, 0.717) is 16.5 Å². The molecule has 112 valence electrons. The van der Waals surface area contributed by atoms with Crippen molar-refractivity contribution in [2.45, 2.75) is 26.7 Å². The molecule has 3 rings (SSSR count). The molecule has 0 atom stereocenters. The maximum absolute atomic E-state index is 12.1. The summed E-state index contributed by atoms with van der Waals surface area (Å²) in [5.41, 5.74) is 4.79. The highest BCUT2D eigenvalue weighted by atomic mass is 35.5. The summed E-state index contributed by atoms with van der Waals surface area (Å²) in [6, 6.07) is 13.9. The quantitative estimate of drug-likeness (QED) is 0.608. The summed E-state index contributed by atoms with van der Waals surface area (Å²) in [6.07, 6.45) is 0. The first-order chi connectivity index (χ1) is 10.5. The van der Waals surface area contributed by atoms with Gasteiger partial charge in [-0.05, 0) is 42.2 Å². The molecular formula is C19H18ClNO. The highest BCUT2D eigenvalue weighted by Crippen LogP contribution is 2.33. The number of hydrogen-bond acceptors (Lipinski definition) is 1. The van der Waals surface area contributed by atoms with Crippen LogP contribution in [0.5, 0.6) is 0 Å². The van der Waals surface area contributed by atoms with Crippen LogP contribution in [0.3, 0.4) is 0 Å². The van der Waals surface area contributed by atoms with E-state index in [1.165, 1.54) is 5.56 Å². The first-order valence-corrected chi connectivity index (χ1v) is 7.77. The largest absolute Gasteiger partial charge is 0.354 e. The summed E-state index contributed by atoms with van der Waals surface area (Å²) in [7, 11) is 0. The first kappa shape index (κ1) is 14.9. The van der Waals surface area contributed by atoms with Crippen LogP contribution in [-0.2, 0) is 0 Å². The number of halogens is 1. The number of aromatic amines is 1. The van der Waals surface area contributed by atoms with E-state index in [0.717, 1.165) is 22.2 Å². The van der Waals surface area contributed by atoms with Gasteiger partial charge in [0.1, 0.15) is 0 Å². The molecule has 0 aliphatic rings. The summed E-state index contributed by atoms with van der Waals surface area (Å²) in [5, 5.41) is 1.51. The van der Waals surface area contributed by atoms with Crippen molar-refractivity contribution >= 4 is 28.3 Å². The summed E-state index contributed by atoms with van der Waals surface area (Å²) in [5.74, 6) is 0.527. The number of hydrogen-bond donors (Lipinski definition) is 1. The molecule has 1 heterocycles. The molecule has 2 aromatic carbocycles. The minimum absolute atomic E-state index is 0.0384. The molecule has 3 heteroatoms. The van der Waals surface area contributed by atoms with Gasteiger partial charge in [-0.3, -0.25) is 4.79 Å². The number of aromatic nitrogens is 1. The highest BCUT2D eigenvalue weighted by molar-refractivity contribution is 6.31. The van der Waals surface area contributed by atoms with Gasteiger partial charge < -0.3 is 4.98 Å². The van der Waals surface area contributed by atoms with Gasteiger partial charge in [-0.25, -0.2) is 0 Å². The lowest BCUT2D eigenvalue weighted by molar-refractivity contribution is 0.102. The average Bonchev–Trinajstić information content (AvgIpc) is 2.85. The SMILES string of the molecule is CC(=O)c1c(-c2ccc(C(C)C)cc2)[nH]c2ccc(Cl)cc12. The van der Waals surface area contributed by atoms with Gasteiger partial charge in [0, 0.05) is 15.9 Å². The van der Waals surface area contributed by atoms with Gasteiger partial charge in [0.2, 0.25) is 0 Å². The zero-order valence-electron chi connectivity index (χ0n) is 12.9. The van der Waals surface area contributed by atoms with Crippen LogP contribution in [0.2, 0.25) is 5.02 Å². The molecule has 2 nitrogen and oxygen atoms in total. The van der Waals surface area contributed by atoms with Crippen molar-refractivity contribution in [1.82, 2.24) is 4.98 Å². The number of ketones is 1. The van der Waals surface area contributed by atoms with Crippen LogP contribution in [0, 0.1) is 0 Å². The van der Waals surface area contributed by atoms with Crippen LogP contribution in [0.25, 0.3) is 22.2 Å². The number of carbonyl (C=O) groups excluding carboxylic acids is 1. The Hall–Kier alpha value is -2.06. The molecule has 0 bridgehead atoms. The number of nitrogens with one attached hydrogen (secondary N) is 1. The first-order valence-electron chi connectivity index (χ1n) is 7.40. The van der Waals surface area contributed by atoms with Crippen molar-refractivity contribution in [2.75, 3.05) is 0 Å². The average molecular weight is 312 g/mol. The summed E-state index contributed by atoms with van der Waals surface area (Å²) >= 11 is 6.08. The number of rotatable bonds is 3. The number of carbonyl (C=O) groups is 1. The summed E-state index contributed by atoms with van der Waals surface area (Å²) in [4.78, 5) is 15.5. The number of Topliss-reactive ketones (excluding diaryl/α,β-unsaturated/α-hetero) is 1. The fraction of sp³-hybridized carbons (Fsp3) is 0.211. The van der Waals surface area contributed by atoms with E-state index >= 15 is 0 Å². The van der Waals surface area contributed by atoms with Gasteiger partial charge in [0.25, 0.3) is 0 Å². The minimum Gasteiger partial charge on any atom is -0.354 e. The van der Waals surface area contributed by atoms with Crippen molar-refractivity contribution in [3.05, 3.63) is 58.6 Å². The zero-order valence-corrected chi connectivity index (χ0v) is 13.7. The molecule has 3 aromatic rings. The van der Waals surface area contributed by atoms with Crippen LogP contribution >= 0.6 is 11.6 Å². The van der Waals surface area contributed by atoms with Crippen molar-refractivity contribution < 1.29 is 4.79 Å². The smallest absolute Gasteiger partial charge is 0.162 e. The van der Waals surface area contributed by atoms with Crippen LogP contribution in [0.4, 0.5) is 0 Å². The van der Waals surface area contributed by atoms with E-state index < -0.39 is 0 Å². The predicted octanol–water partition coefficient (Wildman–Crippen LogP) is 5.81. The topological polar surface area (TPSA) is 32.9 Å². The van der Waals surface area contributed by atoms with E-state index in [9.17, 15) is 4.79 Å². The van der Waals surface area contributed by atoms with Crippen LogP contribution in [-0.4, -0.2) is 10.8 Å². The number of benzene rings is 2. The maximum Gasteiger partial charge on any atom is 0.162 e. The van der Waals surface area contributed by atoms with Gasteiger partial charge >= 0.3 is 0 Å². The second kappa shape index (κ2) is 5.62. The molecule has 0 aliphatic heterocycles. The third-order valence-electron chi connectivity index (χ3n) is 3.98. The second-order valence-corrected chi connectivity index (χ2v) is 6.33. The molecule has 0 aliphatic carbocycles. The van der Waals surface area contributed by atoms with Crippen molar-refractivity contribution in [2.24, 2.45) is 0 Å². The summed E-state index contributed by atoms with van der Waals surface area (Å²) in [6.45, 7) is 5.93. The Morgan fingerprint density at radius 2 is 1.77 bits per heavy atom. The summed E-state index contributed by atoms with van der Waals surface area (Å²) < 4.78 is 0. The van der Waals surface area contributed by atoms with Crippen molar-refractivity contribution in [1.29, 1.82) is 0 Å². The van der Waals surface area contributed by atoms with Crippen LogP contribution in [0.15, 0.2) is 42.5 Å². The van der Waals surface area contributed by atoms with Crippen molar-refractivity contribution in [3.8, 4) is 11.3 Å². The van der Waals surface area contributed by atoms with Crippen molar-refractivity contribution in [3.63, 3.8) is 0 Å². The molecule has 0 amide bonds. The molecule has 0 spiro atoms. The van der Waals surface area contributed by atoms with E-state index in [4.69, 9.17) is 11.6 Å². The lowest BCUT2D eigenvalue weighted by Crippen LogP contribution is -1.94. The van der Waals surface area contributed by atoms with Gasteiger partial charge in [0.15, 0.2) is 5.78 Å². The van der Waals surface area contributed by atoms with Gasteiger partial charge in [-0.2, -0.15) is 0 Å². The Kier molecular flexibility index (Phi) is 3.79. The monoisotopic (exact) mass is 311 g/mol. The molecule has 0 radical (unpaired) electrons. The third-order valence-corrected chi connectivity index (χ3v) is 4.21. The molecule has 1 aromatic heterocycles. The Morgan fingerprint density at radius 1 is 1.09 bits per heavy atom. The molecule has 1 N–H and O–H groups in total. The third kappa shape index (κ3) is 2.55. The fourth-order valence-corrected chi connectivity index (χ4v) is 2.95. The highest BCUT2D eigenvalue weighted by Gasteiger charge is 2.17. The lowest BCUT2D eigenvalue weighted by atomic mass is 9.98. The Bertz CT molecular complexity index is 844. The van der Waals surface area contributed by atoms with Crippen LogP contribution < -0.4 is 0 Å². The molecular weight excluding hydrogens is 294 g/mol. The maximum atomic E-state index is 12.1. The Labute approximate surface area is 135 Å². The van der Waals surface area contributed by atoms with Gasteiger partial charge in [-0.1, -0.05) is 49.7 Å². The van der Waals surface area contributed by atoms with Gasteiger partial charge in [0.05, 0.1) is 11.3 Å². The predicted molar refractivity (Wildman–Crippen MR) is 92.8 cm³/mol. The number of H-pyrrole nitrogens is 1. The second-order valence-electron chi connectivity index (χ2n) is 5.90. The van der Waals surface area contributed by atoms with Crippen LogP contribution in [0.1, 0.15) is 42.6 Å². The van der Waals surface area contributed by atoms with Gasteiger partial charge in [-0.15, -0.1) is 0 Å². The number of fused-ring (bicyclic) bond motifs is 1. The van der Waals surface area contributed by atoms with E-state index in [1.807, 2.05) is 18.2 Å². The Morgan fingerprint density at radius 3 is 2.36 bits per heavy atom.